The minimum absolute atomic E-state index is 0.00931. The molecule has 0 saturated heterocycles. The van der Waals surface area contributed by atoms with Gasteiger partial charge in [0.05, 0.1) is 0 Å². The molecule has 2 N–H and O–H groups in total. The number of benzene rings is 1. The molecule has 1 heterocycles. The number of aryl methyl sites for hydroxylation is 1. The van der Waals surface area contributed by atoms with E-state index in [0.717, 1.165) is 27.4 Å². The van der Waals surface area contributed by atoms with E-state index in [9.17, 15) is 0 Å². The predicted molar refractivity (Wildman–Crippen MR) is 84.1 cm³/mol. The van der Waals surface area contributed by atoms with Crippen LogP contribution in [0.4, 0.5) is 0 Å². The Labute approximate surface area is 129 Å². The summed E-state index contributed by atoms with van der Waals surface area (Å²) in [5, 5.41) is 0. The normalized spacial score (nSPS) is 19.2. The summed E-state index contributed by atoms with van der Waals surface area (Å²) in [5.41, 5.74) is 10.1. The molecule has 1 aromatic heterocycles. The van der Waals surface area contributed by atoms with Gasteiger partial charge >= 0.3 is 0 Å². The third-order valence-corrected chi connectivity index (χ3v) is 4.62. The first-order chi connectivity index (χ1) is 9.15. The van der Waals surface area contributed by atoms with Crippen molar-refractivity contribution >= 4 is 31.9 Å². The standard InChI is InChI=1S/C15H14Br2N2/c16-11-6-10(7-12(17)8-11)14(18)13-4-3-9-2-1-5-19-15(9)13/h1-2,5-8,13-14H,3-4,18H2. The fraction of sp³-hybridized carbons (Fsp3) is 0.267. The highest BCUT2D eigenvalue weighted by molar-refractivity contribution is 9.11. The molecule has 0 amide bonds. The van der Waals surface area contributed by atoms with Gasteiger partial charge in [-0.05, 0) is 48.2 Å². The van der Waals surface area contributed by atoms with E-state index in [0.29, 0.717) is 5.92 Å². The Hall–Kier alpha value is -0.710. The van der Waals surface area contributed by atoms with Crippen molar-refractivity contribution in [1.82, 2.24) is 4.98 Å². The molecule has 2 aromatic rings. The molecule has 19 heavy (non-hydrogen) atoms. The number of fused-ring (bicyclic) bond motifs is 1. The number of nitrogens with zero attached hydrogens (tertiary/aromatic N) is 1. The van der Waals surface area contributed by atoms with E-state index in [1.54, 1.807) is 0 Å². The molecule has 1 aliphatic carbocycles. The van der Waals surface area contributed by atoms with E-state index >= 15 is 0 Å². The first-order valence-corrected chi connectivity index (χ1v) is 7.89. The monoisotopic (exact) mass is 380 g/mol. The number of halogens is 2. The van der Waals surface area contributed by atoms with Gasteiger partial charge in [-0.1, -0.05) is 37.9 Å². The molecule has 0 fully saturated rings. The molecular formula is C15H14Br2N2. The lowest BCUT2D eigenvalue weighted by atomic mass is 9.92. The van der Waals surface area contributed by atoms with Crippen LogP contribution < -0.4 is 5.73 Å². The summed E-state index contributed by atoms with van der Waals surface area (Å²) in [5.74, 6) is 0.317. The highest BCUT2D eigenvalue weighted by Gasteiger charge is 2.29. The summed E-state index contributed by atoms with van der Waals surface area (Å²) in [4.78, 5) is 4.53. The Morgan fingerprint density at radius 1 is 1.21 bits per heavy atom. The van der Waals surface area contributed by atoms with Crippen LogP contribution in [0.1, 0.15) is 35.2 Å². The lowest BCUT2D eigenvalue weighted by molar-refractivity contribution is 0.541. The lowest BCUT2D eigenvalue weighted by Gasteiger charge is -2.20. The van der Waals surface area contributed by atoms with Crippen LogP contribution in [0.25, 0.3) is 0 Å². The van der Waals surface area contributed by atoms with Gasteiger partial charge in [-0.3, -0.25) is 4.98 Å². The summed E-state index contributed by atoms with van der Waals surface area (Å²) < 4.78 is 2.10. The zero-order valence-electron chi connectivity index (χ0n) is 10.3. The molecule has 4 heteroatoms. The second-order valence-electron chi connectivity index (χ2n) is 4.92. The number of rotatable bonds is 2. The van der Waals surface area contributed by atoms with Crippen LogP contribution in [0.2, 0.25) is 0 Å². The fourth-order valence-electron chi connectivity index (χ4n) is 2.79. The quantitative estimate of drug-likeness (QED) is 0.840. The van der Waals surface area contributed by atoms with Gasteiger partial charge in [-0.15, -0.1) is 0 Å². The zero-order valence-corrected chi connectivity index (χ0v) is 13.5. The Morgan fingerprint density at radius 3 is 2.68 bits per heavy atom. The van der Waals surface area contributed by atoms with Gasteiger partial charge in [0.2, 0.25) is 0 Å². The molecular weight excluding hydrogens is 368 g/mol. The van der Waals surface area contributed by atoms with Crippen molar-refractivity contribution in [1.29, 1.82) is 0 Å². The van der Waals surface area contributed by atoms with E-state index in [1.165, 1.54) is 11.3 Å². The number of aromatic nitrogens is 1. The van der Waals surface area contributed by atoms with Gasteiger partial charge in [-0.2, -0.15) is 0 Å². The fourth-order valence-corrected chi connectivity index (χ4v) is 4.12. The van der Waals surface area contributed by atoms with Gasteiger partial charge in [-0.25, -0.2) is 0 Å². The van der Waals surface area contributed by atoms with Crippen molar-refractivity contribution in [2.24, 2.45) is 5.73 Å². The first kappa shape index (κ1) is 13.3. The van der Waals surface area contributed by atoms with Crippen LogP contribution in [0.3, 0.4) is 0 Å². The molecule has 98 valence electrons. The Balaban J connectivity index is 1.95. The summed E-state index contributed by atoms with van der Waals surface area (Å²) in [7, 11) is 0. The molecule has 2 unspecified atom stereocenters. The highest BCUT2D eigenvalue weighted by atomic mass is 79.9. The minimum atomic E-state index is -0.00931. The molecule has 0 radical (unpaired) electrons. The minimum Gasteiger partial charge on any atom is -0.323 e. The predicted octanol–water partition coefficient (Wildman–Crippen LogP) is 4.34. The first-order valence-electron chi connectivity index (χ1n) is 6.30. The third kappa shape index (κ3) is 2.62. The third-order valence-electron chi connectivity index (χ3n) is 3.71. The van der Waals surface area contributed by atoms with E-state index < -0.39 is 0 Å². The van der Waals surface area contributed by atoms with E-state index in [1.807, 2.05) is 18.3 Å². The topological polar surface area (TPSA) is 38.9 Å². The maximum Gasteiger partial charge on any atom is 0.0485 e. The van der Waals surface area contributed by atoms with Crippen molar-refractivity contribution in [3.05, 3.63) is 62.3 Å². The zero-order chi connectivity index (χ0) is 13.4. The molecule has 0 aliphatic heterocycles. The molecule has 2 nitrogen and oxygen atoms in total. The largest absolute Gasteiger partial charge is 0.323 e. The summed E-state index contributed by atoms with van der Waals surface area (Å²) >= 11 is 7.04. The number of pyridine rings is 1. The summed E-state index contributed by atoms with van der Waals surface area (Å²) in [6.07, 6.45) is 4.02. The molecule has 3 rings (SSSR count). The Kier molecular flexibility index (Phi) is 3.74. The van der Waals surface area contributed by atoms with Crippen molar-refractivity contribution < 1.29 is 0 Å². The Morgan fingerprint density at radius 2 is 1.95 bits per heavy atom. The summed E-state index contributed by atoms with van der Waals surface area (Å²) in [6.45, 7) is 0. The SMILES string of the molecule is NC(c1cc(Br)cc(Br)c1)C1CCc2cccnc21. The van der Waals surface area contributed by atoms with Gasteiger partial charge in [0.1, 0.15) is 0 Å². The highest BCUT2D eigenvalue weighted by Crippen LogP contribution is 2.40. The van der Waals surface area contributed by atoms with E-state index in [4.69, 9.17) is 5.73 Å². The van der Waals surface area contributed by atoms with Crippen molar-refractivity contribution in [2.45, 2.75) is 24.8 Å². The van der Waals surface area contributed by atoms with Crippen molar-refractivity contribution in [3.8, 4) is 0 Å². The molecule has 0 saturated carbocycles. The molecule has 2 atom stereocenters. The molecule has 0 bridgehead atoms. The average molecular weight is 382 g/mol. The van der Waals surface area contributed by atoms with Crippen LogP contribution in [0, 0.1) is 0 Å². The number of hydrogen-bond donors (Lipinski definition) is 1. The van der Waals surface area contributed by atoms with Gasteiger partial charge in [0.15, 0.2) is 0 Å². The van der Waals surface area contributed by atoms with E-state index in [-0.39, 0.29) is 6.04 Å². The van der Waals surface area contributed by atoms with Crippen LogP contribution in [-0.2, 0) is 6.42 Å². The average Bonchev–Trinajstić information content (AvgIpc) is 2.80. The second-order valence-corrected chi connectivity index (χ2v) is 6.75. The maximum absolute atomic E-state index is 6.47. The van der Waals surface area contributed by atoms with Crippen molar-refractivity contribution in [2.75, 3.05) is 0 Å². The lowest BCUT2D eigenvalue weighted by Crippen LogP contribution is -2.19. The molecule has 0 spiro atoms. The van der Waals surface area contributed by atoms with Gasteiger partial charge in [0, 0.05) is 32.8 Å². The molecule has 1 aromatic carbocycles. The van der Waals surface area contributed by atoms with E-state index in [2.05, 4.69) is 55.0 Å². The van der Waals surface area contributed by atoms with Crippen molar-refractivity contribution in [3.63, 3.8) is 0 Å². The maximum atomic E-state index is 6.47. The van der Waals surface area contributed by atoms with Gasteiger partial charge in [0.25, 0.3) is 0 Å². The summed E-state index contributed by atoms with van der Waals surface area (Å²) in [6, 6.07) is 10.4. The molecule has 1 aliphatic rings. The van der Waals surface area contributed by atoms with Crippen LogP contribution in [-0.4, -0.2) is 4.98 Å². The number of hydrogen-bond acceptors (Lipinski definition) is 2. The van der Waals surface area contributed by atoms with Gasteiger partial charge < -0.3 is 5.73 Å². The number of nitrogens with two attached hydrogens (primary N) is 1. The Bertz CT molecular complexity index is 593. The van der Waals surface area contributed by atoms with Crippen LogP contribution >= 0.6 is 31.9 Å². The second kappa shape index (κ2) is 5.35. The smallest absolute Gasteiger partial charge is 0.0485 e. The van der Waals surface area contributed by atoms with Crippen LogP contribution in [0.5, 0.6) is 0 Å². The van der Waals surface area contributed by atoms with Crippen LogP contribution in [0.15, 0.2) is 45.5 Å².